The van der Waals surface area contributed by atoms with Gasteiger partial charge in [-0.3, -0.25) is 9.59 Å². The Morgan fingerprint density at radius 3 is 2.32 bits per heavy atom. The van der Waals surface area contributed by atoms with Gasteiger partial charge in [0.25, 0.3) is 0 Å². The van der Waals surface area contributed by atoms with Crippen LogP contribution in [0.4, 0.5) is 5.69 Å². The van der Waals surface area contributed by atoms with Gasteiger partial charge >= 0.3 is 0 Å². The summed E-state index contributed by atoms with van der Waals surface area (Å²) >= 11 is 0. The first-order valence-electron chi connectivity index (χ1n) is 7.92. The summed E-state index contributed by atoms with van der Waals surface area (Å²) in [6, 6.07) is 6.93. The number of anilines is 1. The Hall–Kier alpha value is -2.09. The molecule has 0 aromatic heterocycles. The minimum Gasteiger partial charge on any atom is -0.376 e. The van der Waals surface area contributed by atoms with Crippen LogP contribution in [0.1, 0.15) is 26.3 Å². The number of carbonyl (C=O) groups is 2. The van der Waals surface area contributed by atoms with Crippen LogP contribution in [0.2, 0.25) is 0 Å². The lowest BCUT2D eigenvalue weighted by molar-refractivity contribution is -0.133. The van der Waals surface area contributed by atoms with Crippen molar-refractivity contribution in [2.75, 3.05) is 31.7 Å². The third kappa shape index (κ3) is 8.53. The van der Waals surface area contributed by atoms with Crippen molar-refractivity contribution in [2.24, 2.45) is 0 Å². The molecular formula is C17H27N3O4S. The molecule has 0 saturated carbocycles. The Labute approximate surface area is 149 Å². The summed E-state index contributed by atoms with van der Waals surface area (Å²) in [6.07, 6.45) is 1.16. The first-order chi connectivity index (χ1) is 11.4. The number of likely N-dealkylation sites (N-methyl/N-ethyl adjacent to an activating group) is 1. The van der Waals surface area contributed by atoms with Crippen molar-refractivity contribution < 1.29 is 18.0 Å². The highest BCUT2D eigenvalue weighted by Gasteiger charge is 2.18. The lowest BCUT2D eigenvalue weighted by Gasteiger charge is -2.23. The van der Waals surface area contributed by atoms with Crippen LogP contribution in [0.15, 0.2) is 24.3 Å². The van der Waals surface area contributed by atoms with Crippen molar-refractivity contribution >= 4 is 27.3 Å². The number of para-hydroxylation sites is 1. The SMILES string of the molecule is CN(CC(=O)NC(C)(C)C)C(=O)CNc1ccccc1CS(C)(=O)=O. The summed E-state index contributed by atoms with van der Waals surface area (Å²) in [7, 11) is -1.63. The van der Waals surface area contributed by atoms with E-state index >= 15 is 0 Å². The van der Waals surface area contributed by atoms with Crippen molar-refractivity contribution in [1.29, 1.82) is 0 Å². The Morgan fingerprint density at radius 1 is 1.16 bits per heavy atom. The maximum Gasteiger partial charge on any atom is 0.242 e. The van der Waals surface area contributed by atoms with Crippen LogP contribution < -0.4 is 10.6 Å². The number of hydrogen-bond acceptors (Lipinski definition) is 5. The molecule has 0 fully saturated rings. The zero-order chi connectivity index (χ0) is 19.3. The fourth-order valence-corrected chi connectivity index (χ4v) is 2.98. The van der Waals surface area contributed by atoms with Crippen molar-refractivity contribution in [3.8, 4) is 0 Å². The molecule has 0 aliphatic carbocycles. The average molecular weight is 369 g/mol. The summed E-state index contributed by atoms with van der Waals surface area (Å²) in [5, 5.41) is 5.74. The van der Waals surface area contributed by atoms with E-state index in [1.807, 2.05) is 20.8 Å². The van der Waals surface area contributed by atoms with Gasteiger partial charge in [0.2, 0.25) is 11.8 Å². The van der Waals surface area contributed by atoms with E-state index in [2.05, 4.69) is 10.6 Å². The third-order valence-corrected chi connectivity index (χ3v) is 4.02. The Balaban J connectivity index is 2.63. The highest BCUT2D eigenvalue weighted by atomic mass is 32.2. The number of nitrogens with one attached hydrogen (secondary N) is 2. The van der Waals surface area contributed by atoms with Gasteiger partial charge in [0.05, 0.1) is 18.8 Å². The molecule has 25 heavy (non-hydrogen) atoms. The van der Waals surface area contributed by atoms with E-state index < -0.39 is 9.84 Å². The molecule has 8 heteroatoms. The van der Waals surface area contributed by atoms with Crippen molar-refractivity contribution in [3.05, 3.63) is 29.8 Å². The fraction of sp³-hybridized carbons (Fsp3) is 0.529. The van der Waals surface area contributed by atoms with Gasteiger partial charge in [-0.15, -0.1) is 0 Å². The summed E-state index contributed by atoms with van der Waals surface area (Å²) in [6.45, 7) is 5.54. The topological polar surface area (TPSA) is 95.6 Å². The molecule has 2 N–H and O–H groups in total. The Kier molecular flexibility index (Phi) is 6.98. The maximum absolute atomic E-state index is 12.2. The summed E-state index contributed by atoms with van der Waals surface area (Å²) < 4.78 is 23.0. The van der Waals surface area contributed by atoms with Gasteiger partial charge in [-0.05, 0) is 32.4 Å². The monoisotopic (exact) mass is 369 g/mol. The molecule has 0 aliphatic heterocycles. The first kappa shape index (κ1) is 21.0. The molecule has 1 aromatic rings. The second-order valence-corrected chi connectivity index (χ2v) is 9.27. The molecule has 0 saturated heterocycles. The van der Waals surface area contributed by atoms with E-state index in [1.54, 1.807) is 31.3 Å². The van der Waals surface area contributed by atoms with Crippen molar-refractivity contribution in [3.63, 3.8) is 0 Å². The zero-order valence-corrected chi connectivity index (χ0v) is 16.2. The van der Waals surface area contributed by atoms with Gasteiger partial charge in [0.15, 0.2) is 9.84 Å². The lowest BCUT2D eigenvalue weighted by atomic mass is 10.1. The highest BCUT2D eigenvalue weighted by Crippen LogP contribution is 2.17. The number of carbonyl (C=O) groups excluding carboxylic acids is 2. The van der Waals surface area contributed by atoms with E-state index in [1.165, 1.54) is 4.90 Å². The van der Waals surface area contributed by atoms with E-state index in [0.29, 0.717) is 11.3 Å². The Morgan fingerprint density at radius 2 is 1.76 bits per heavy atom. The summed E-state index contributed by atoms with van der Waals surface area (Å²) in [5.41, 5.74) is 0.837. The number of amides is 2. The number of nitrogens with zero attached hydrogens (tertiary/aromatic N) is 1. The molecular weight excluding hydrogens is 342 g/mol. The minimum absolute atomic E-state index is 0.0277. The van der Waals surface area contributed by atoms with E-state index in [9.17, 15) is 18.0 Å². The number of benzene rings is 1. The molecule has 140 valence electrons. The molecule has 1 aromatic carbocycles. The van der Waals surface area contributed by atoms with Crippen molar-refractivity contribution in [1.82, 2.24) is 10.2 Å². The minimum atomic E-state index is -3.18. The normalized spacial score (nSPS) is 11.7. The van der Waals surface area contributed by atoms with Gasteiger partial charge in [-0.25, -0.2) is 8.42 Å². The van der Waals surface area contributed by atoms with E-state index in [0.717, 1.165) is 6.26 Å². The molecule has 0 radical (unpaired) electrons. The number of sulfone groups is 1. The Bertz CT molecular complexity index is 724. The molecule has 0 aliphatic rings. The summed E-state index contributed by atoms with van der Waals surface area (Å²) in [5.74, 6) is -0.604. The molecule has 0 unspecified atom stereocenters. The predicted octanol–water partition coefficient (Wildman–Crippen LogP) is 1.02. The van der Waals surface area contributed by atoms with Crippen LogP contribution >= 0.6 is 0 Å². The average Bonchev–Trinajstić information content (AvgIpc) is 2.42. The lowest BCUT2D eigenvalue weighted by Crippen LogP contribution is -2.47. The molecule has 0 heterocycles. The van der Waals surface area contributed by atoms with Crippen LogP contribution in [0.25, 0.3) is 0 Å². The van der Waals surface area contributed by atoms with Crippen LogP contribution in [0.3, 0.4) is 0 Å². The standard InChI is InChI=1S/C17H27N3O4S/c1-17(2,3)19-15(21)11-20(4)16(22)10-18-14-9-7-6-8-13(14)12-25(5,23)24/h6-9,18H,10-12H2,1-5H3,(H,19,21). The number of hydrogen-bond donors (Lipinski definition) is 2. The van der Waals surface area contributed by atoms with Crippen LogP contribution in [0.5, 0.6) is 0 Å². The maximum atomic E-state index is 12.2. The smallest absolute Gasteiger partial charge is 0.242 e. The fourth-order valence-electron chi connectivity index (χ4n) is 2.17. The van der Waals surface area contributed by atoms with Crippen LogP contribution in [-0.4, -0.2) is 57.1 Å². The zero-order valence-electron chi connectivity index (χ0n) is 15.4. The van der Waals surface area contributed by atoms with Crippen molar-refractivity contribution in [2.45, 2.75) is 32.1 Å². The van der Waals surface area contributed by atoms with Gasteiger partial charge < -0.3 is 15.5 Å². The molecule has 0 atom stereocenters. The molecule has 2 amide bonds. The molecule has 0 spiro atoms. The van der Waals surface area contributed by atoms with E-state index in [-0.39, 0.29) is 36.2 Å². The van der Waals surface area contributed by atoms with Gasteiger partial charge in [0, 0.05) is 24.5 Å². The molecule has 1 rings (SSSR count). The third-order valence-electron chi connectivity index (χ3n) is 3.19. The van der Waals surface area contributed by atoms with Gasteiger partial charge in [-0.1, -0.05) is 18.2 Å². The second kappa shape index (κ2) is 8.33. The summed E-state index contributed by atoms with van der Waals surface area (Å²) in [4.78, 5) is 25.4. The molecule has 0 bridgehead atoms. The van der Waals surface area contributed by atoms with Crippen LogP contribution in [0, 0.1) is 0 Å². The van der Waals surface area contributed by atoms with Gasteiger partial charge in [0.1, 0.15) is 0 Å². The second-order valence-electron chi connectivity index (χ2n) is 7.13. The first-order valence-corrected chi connectivity index (χ1v) is 9.98. The highest BCUT2D eigenvalue weighted by molar-refractivity contribution is 7.89. The van der Waals surface area contributed by atoms with Crippen LogP contribution in [-0.2, 0) is 25.2 Å². The van der Waals surface area contributed by atoms with E-state index in [4.69, 9.17) is 0 Å². The number of rotatable bonds is 7. The molecule has 7 nitrogen and oxygen atoms in total. The van der Waals surface area contributed by atoms with Gasteiger partial charge in [-0.2, -0.15) is 0 Å². The predicted molar refractivity (Wildman–Crippen MR) is 99.0 cm³/mol. The largest absolute Gasteiger partial charge is 0.376 e. The quantitative estimate of drug-likeness (QED) is 0.748.